The predicted octanol–water partition coefficient (Wildman–Crippen LogP) is 4.49. The molecular formula is C22H21ClN2O5S. The van der Waals surface area contributed by atoms with Gasteiger partial charge in [0.05, 0.1) is 24.3 Å². The molecule has 1 fully saturated rings. The van der Waals surface area contributed by atoms with Crippen LogP contribution in [0.3, 0.4) is 0 Å². The zero-order chi connectivity index (χ0) is 22.4. The Bertz CT molecular complexity index is 1070. The molecule has 31 heavy (non-hydrogen) atoms. The maximum atomic E-state index is 12.4. The molecule has 0 saturated carbocycles. The fourth-order valence-corrected chi connectivity index (χ4v) is 3.68. The Hall–Kier alpha value is -2.97. The number of carbonyl (C=O) groups excluding carboxylic acids is 2. The number of amidine groups is 1. The fraction of sp³-hybridized carbons (Fsp3) is 0.227. The minimum Gasteiger partial charge on any atom is -0.493 e. The molecule has 7 nitrogen and oxygen atoms in total. The number of amides is 1. The highest BCUT2D eigenvalue weighted by Crippen LogP contribution is 2.33. The molecule has 1 saturated heterocycles. The van der Waals surface area contributed by atoms with Crippen LogP contribution in [0.1, 0.15) is 18.1 Å². The van der Waals surface area contributed by atoms with Gasteiger partial charge in [0, 0.05) is 5.02 Å². The summed E-state index contributed by atoms with van der Waals surface area (Å²) in [5.74, 6) is 0.131. The average Bonchev–Trinajstić information content (AvgIpc) is 3.08. The van der Waals surface area contributed by atoms with Gasteiger partial charge in [0.1, 0.15) is 0 Å². The molecule has 0 atom stereocenters. The highest BCUT2D eigenvalue weighted by atomic mass is 35.5. The molecule has 3 rings (SSSR count). The summed E-state index contributed by atoms with van der Waals surface area (Å²) in [6.07, 6.45) is 1.73. The van der Waals surface area contributed by atoms with Crippen LogP contribution in [-0.4, -0.2) is 37.4 Å². The number of rotatable bonds is 7. The van der Waals surface area contributed by atoms with Gasteiger partial charge in [0.2, 0.25) is 0 Å². The summed E-state index contributed by atoms with van der Waals surface area (Å²) in [5.41, 5.74) is 2.38. The Morgan fingerprint density at radius 2 is 2.03 bits per heavy atom. The molecule has 0 spiro atoms. The van der Waals surface area contributed by atoms with Crippen molar-refractivity contribution in [3.8, 4) is 11.5 Å². The lowest BCUT2D eigenvalue weighted by molar-refractivity contribution is -0.145. The van der Waals surface area contributed by atoms with Crippen LogP contribution in [0.4, 0.5) is 5.69 Å². The second-order valence-corrected chi connectivity index (χ2v) is 7.88. The number of aliphatic imine (C=N–C) groups is 1. The van der Waals surface area contributed by atoms with Gasteiger partial charge in [-0.3, -0.25) is 4.79 Å². The maximum absolute atomic E-state index is 12.4. The Morgan fingerprint density at radius 3 is 2.77 bits per heavy atom. The number of hydrogen-bond donors (Lipinski definition) is 1. The van der Waals surface area contributed by atoms with E-state index in [2.05, 4.69) is 10.3 Å². The van der Waals surface area contributed by atoms with Gasteiger partial charge in [0.25, 0.3) is 5.91 Å². The summed E-state index contributed by atoms with van der Waals surface area (Å²) < 4.78 is 15.7. The minimum absolute atomic E-state index is 0.217. The van der Waals surface area contributed by atoms with Crippen LogP contribution >= 0.6 is 23.4 Å². The molecule has 1 amide bonds. The van der Waals surface area contributed by atoms with Crippen LogP contribution in [0.5, 0.6) is 11.5 Å². The molecule has 0 aliphatic carbocycles. The number of nitrogens with one attached hydrogen (secondary N) is 1. The summed E-state index contributed by atoms with van der Waals surface area (Å²) in [6, 6.07) is 10.6. The highest BCUT2D eigenvalue weighted by Gasteiger charge is 2.24. The van der Waals surface area contributed by atoms with Crippen molar-refractivity contribution in [3.05, 3.63) is 57.5 Å². The van der Waals surface area contributed by atoms with Crippen LogP contribution in [0.15, 0.2) is 46.3 Å². The summed E-state index contributed by atoms with van der Waals surface area (Å²) in [4.78, 5) is 28.8. The van der Waals surface area contributed by atoms with E-state index in [1.54, 1.807) is 43.3 Å². The molecule has 162 valence electrons. The van der Waals surface area contributed by atoms with Gasteiger partial charge in [-0.1, -0.05) is 23.7 Å². The Morgan fingerprint density at radius 1 is 1.23 bits per heavy atom. The van der Waals surface area contributed by atoms with Gasteiger partial charge in [-0.05, 0) is 67.1 Å². The lowest BCUT2D eigenvalue weighted by Crippen LogP contribution is -2.19. The number of halogens is 1. The molecule has 1 aliphatic rings. The van der Waals surface area contributed by atoms with Crippen molar-refractivity contribution < 1.29 is 23.8 Å². The van der Waals surface area contributed by atoms with Gasteiger partial charge in [-0.15, -0.1) is 0 Å². The molecule has 1 aliphatic heterocycles. The summed E-state index contributed by atoms with van der Waals surface area (Å²) in [7, 11) is 1.50. The van der Waals surface area contributed by atoms with Gasteiger partial charge in [-0.25, -0.2) is 9.79 Å². The third-order valence-corrected chi connectivity index (χ3v) is 5.33. The first-order valence-electron chi connectivity index (χ1n) is 9.41. The van der Waals surface area contributed by atoms with E-state index in [-0.39, 0.29) is 19.1 Å². The zero-order valence-corrected chi connectivity index (χ0v) is 18.8. The second-order valence-electron chi connectivity index (χ2n) is 6.42. The number of aryl methyl sites for hydroxylation is 1. The topological polar surface area (TPSA) is 86.2 Å². The number of methoxy groups -OCH3 is 1. The molecule has 0 unspecified atom stereocenters. The van der Waals surface area contributed by atoms with Gasteiger partial charge in [0.15, 0.2) is 23.3 Å². The smallest absolute Gasteiger partial charge is 0.344 e. The van der Waals surface area contributed by atoms with Crippen molar-refractivity contribution in [2.24, 2.45) is 4.99 Å². The third-order valence-electron chi connectivity index (χ3n) is 4.18. The van der Waals surface area contributed by atoms with Crippen LogP contribution in [-0.2, 0) is 14.3 Å². The summed E-state index contributed by atoms with van der Waals surface area (Å²) >= 11 is 7.28. The van der Waals surface area contributed by atoms with Crippen LogP contribution < -0.4 is 14.8 Å². The number of hydrogen-bond acceptors (Lipinski definition) is 7. The van der Waals surface area contributed by atoms with E-state index in [9.17, 15) is 9.59 Å². The molecule has 0 radical (unpaired) electrons. The van der Waals surface area contributed by atoms with E-state index in [0.29, 0.717) is 32.3 Å². The molecule has 1 heterocycles. The minimum atomic E-state index is -0.462. The SMILES string of the molecule is CCOC(=O)COc1ccc(/C=C2\SC(=Nc3cc(Cl)ccc3C)NC2=O)cc1OC. The first-order valence-corrected chi connectivity index (χ1v) is 10.6. The van der Waals surface area contributed by atoms with E-state index in [1.807, 2.05) is 13.0 Å². The van der Waals surface area contributed by atoms with E-state index in [4.69, 9.17) is 25.8 Å². The van der Waals surface area contributed by atoms with Crippen LogP contribution in [0.2, 0.25) is 5.02 Å². The molecule has 0 bridgehead atoms. The first-order chi connectivity index (χ1) is 14.9. The van der Waals surface area contributed by atoms with Gasteiger partial charge in [-0.2, -0.15) is 0 Å². The van der Waals surface area contributed by atoms with E-state index in [0.717, 1.165) is 11.1 Å². The molecule has 0 aromatic heterocycles. The van der Waals surface area contributed by atoms with Crippen molar-refractivity contribution in [2.75, 3.05) is 20.3 Å². The van der Waals surface area contributed by atoms with Gasteiger partial charge < -0.3 is 19.5 Å². The van der Waals surface area contributed by atoms with Crippen molar-refractivity contribution in [1.29, 1.82) is 0 Å². The number of carbonyl (C=O) groups is 2. The molecule has 2 aromatic rings. The Kier molecular flexibility index (Phi) is 7.59. The quantitative estimate of drug-likeness (QED) is 0.484. The van der Waals surface area contributed by atoms with Crippen molar-refractivity contribution in [1.82, 2.24) is 5.32 Å². The number of thioether (sulfide) groups is 1. The van der Waals surface area contributed by atoms with E-state index in [1.165, 1.54) is 18.9 Å². The fourth-order valence-electron chi connectivity index (χ4n) is 2.68. The zero-order valence-electron chi connectivity index (χ0n) is 17.2. The third kappa shape index (κ3) is 6.02. The second kappa shape index (κ2) is 10.4. The molecule has 2 aromatic carbocycles. The molecule has 1 N–H and O–H groups in total. The van der Waals surface area contributed by atoms with Crippen molar-refractivity contribution in [2.45, 2.75) is 13.8 Å². The van der Waals surface area contributed by atoms with Gasteiger partial charge >= 0.3 is 5.97 Å². The monoisotopic (exact) mass is 460 g/mol. The largest absolute Gasteiger partial charge is 0.493 e. The average molecular weight is 461 g/mol. The molecular weight excluding hydrogens is 440 g/mol. The lowest BCUT2D eigenvalue weighted by atomic mass is 10.2. The van der Waals surface area contributed by atoms with Crippen LogP contribution in [0.25, 0.3) is 6.08 Å². The molecule has 9 heteroatoms. The van der Waals surface area contributed by atoms with E-state index < -0.39 is 5.97 Å². The Balaban J connectivity index is 1.76. The number of nitrogens with zero attached hydrogens (tertiary/aromatic N) is 1. The van der Waals surface area contributed by atoms with Crippen molar-refractivity contribution >= 4 is 52.2 Å². The Labute approximate surface area is 189 Å². The van der Waals surface area contributed by atoms with Crippen LogP contribution in [0, 0.1) is 6.92 Å². The standard InChI is InChI=1S/C22H21ClN2O5S/c1-4-29-20(26)12-30-17-8-6-14(9-18(17)28-3)10-19-21(27)25-22(31-19)24-16-11-15(23)7-5-13(16)2/h5-11H,4,12H2,1-3H3,(H,24,25,27)/b19-10-. The van der Waals surface area contributed by atoms with Crippen molar-refractivity contribution in [3.63, 3.8) is 0 Å². The number of ether oxygens (including phenoxy) is 3. The highest BCUT2D eigenvalue weighted by molar-refractivity contribution is 8.18. The number of esters is 1. The van der Waals surface area contributed by atoms with E-state index >= 15 is 0 Å². The summed E-state index contributed by atoms with van der Waals surface area (Å²) in [6.45, 7) is 3.72. The first kappa shape index (κ1) is 22.7. The number of benzene rings is 2. The normalized spacial score (nSPS) is 15.8. The predicted molar refractivity (Wildman–Crippen MR) is 122 cm³/mol. The maximum Gasteiger partial charge on any atom is 0.344 e. The summed E-state index contributed by atoms with van der Waals surface area (Å²) in [5, 5.41) is 3.81. The lowest BCUT2D eigenvalue weighted by Gasteiger charge is -2.11.